The molecule has 3 aliphatic rings. The van der Waals surface area contributed by atoms with Crippen LogP contribution in [0.1, 0.15) is 13.8 Å². The monoisotopic (exact) mass is 587 g/mol. The molecule has 0 saturated carbocycles. The first-order valence-corrected chi connectivity index (χ1v) is 15.1. The number of hydrogen-bond donors (Lipinski definition) is 2. The zero-order valence-electron chi connectivity index (χ0n) is 25.2. The summed E-state index contributed by atoms with van der Waals surface area (Å²) in [7, 11) is 2.15. The van der Waals surface area contributed by atoms with E-state index in [0.29, 0.717) is 49.8 Å². The lowest BCUT2D eigenvalue weighted by Crippen LogP contribution is -2.46. The standard InChI is InChI=1S/C31H41N9O3/c1-22-20-42-18-16-39(22)29-34-28(35-30(36-29)40-17-19-43-21-23(40)2)24-4-6-25(7-5-24)32-31(41)33-26-8-10-27(11-9-26)38-14-12-37(3)13-15-38/h4-11,22-23H,12-21H2,1-3H3,(H2,32,33,41)/t22-,23-/m1/s1. The van der Waals surface area contributed by atoms with E-state index in [2.05, 4.69) is 63.3 Å². The number of anilines is 5. The van der Waals surface area contributed by atoms with Crippen molar-refractivity contribution < 1.29 is 14.3 Å². The summed E-state index contributed by atoms with van der Waals surface area (Å²) in [6, 6.07) is 15.6. The van der Waals surface area contributed by atoms with Gasteiger partial charge in [0.1, 0.15) is 0 Å². The van der Waals surface area contributed by atoms with Crippen LogP contribution in [0, 0.1) is 0 Å². The van der Waals surface area contributed by atoms with Gasteiger partial charge in [0, 0.05) is 61.9 Å². The number of likely N-dealkylation sites (N-methyl/N-ethyl adjacent to an activating group) is 1. The van der Waals surface area contributed by atoms with Gasteiger partial charge in [0.15, 0.2) is 5.82 Å². The molecule has 0 spiro atoms. The molecule has 4 heterocycles. The molecule has 3 aromatic rings. The Kier molecular flexibility index (Phi) is 8.87. The molecule has 0 aliphatic carbocycles. The maximum atomic E-state index is 12.8. The molecule has 1 aromatic heterocycles. The molecule has 0 bridgehead atoms. The van der Waals surface area contributed by atoms with Gasteiger partial charge >= 0.3 is 6.03 Å². The molecule has 12 heteroatoms. The Bertz CT molecular complexity index is 1340. The van der Waals surface area contributed by atoms with Crippen molar-refractivity contribution in [2.45, 2.75) is 25.9 Å². The molecule has 2 atom stereocenters. The average molecular weight is 588 g/mol. The highest BCUT2D eigenvalue weighted by Gasteiger charge is 2.27. The minimum Gasteiger partial charge on any atom is -0.377 e. The van der Waals surface area contributed by atoms with Crippen LogP contribution in [-0.4, -0.2) is 111 Å². The zero-order valence-corrected chi connectivity index (χ0v) is 25.2. The molecular weight excluding hydrogens is 546 g/mol. The molecule has 3 fully saturated rings. The third kappa shape index (κ3) is 6.98. The largest absolute Gasteiger partial charge is 0.377 e. The maximum absolute atomic E-state index is 12.8. The smallest absolute Gasteiger partial charge is 0.323 e. The van der Waals surface area contributed by atoms with Gasteiger partial charge in [-0.1, -0.05) is 0 Å². The van der Waals surface area contributed by atoms with E-state index in [0.717, 1.165) is 50.5 Å². The molecule has 6 rings (SSSR count). The van der Waals surface area contributed by atoms with Crippen molar-refractivity contribution in [2.75, 3.05) is 98.1 Å². The van der Waals surface area contributed by atoms with E-state index < -0.39 is 0 Å². The molecule has 12 nitrogen and oxygen atoms in total. The van der Waals surface area contributed by atoms with E-state index in [-0.39, 0.29) is 18.1 Å². The molecule has 2 aromatic carbocycles. The first-order chi connectivity index (χ1) is 20.9. The van der Waals surface area contributed by atoms with Crippen LogP contribution in [0.4, 0.5) is 33.8 Å². The van der Waals surface area contributed by atoms with Gasteiger partial charge in [0.2, 0.25) is 11.9 Å². The summed E-state index contributed by atoms with van der Waals surface area (Å²) in [6.07, 6.45) is 0. The quantitative estimate of drug-likeness (QED) is 0.445. The van der Waals surface area contributed by atoms with Gasteiger partial charge in [0.05, 0.1) is 38.5 Å². The van der Waals surface area contributed by atoms with Crippen molar-refractivity contribution >= 4 is 35.0 Å². The topological polar surface area (TPSA) is 111 Å². The van der Waals surface area contributed by atoms with Crippen molar-refractivity contribution in [2.24, 2.45) is 0 Å². The summed E-state index contributed by atoms with van der Waals surface area (Å²) in [5, 5.41) is 5.85. The number of nitrogens with one attached hydrogen (secondary N) is 2. The molecule has 228 valence electrons. The number of nitrogens with zero attached hydrogens (tertiary/aromatic N) is 7. The van der Waals surface area contributed by atoms with E-state index in [9.17, 15) is 4.79 Å². The lowest BCUT2D eigenvalue weighted by atomic mass is 10.2. The maximum Gasteiger partial charge on any atom is 0.323 e. The van der Waals surface area contributed by atoms with Crippen molar-refractivity contribution in [3.8, 4) is 11.4 Å². The number of benzene rings is 2. The van der Waals surface area contributed by atoms with Crippen molar-refractivity contribution in [1.82, 2.24) is 19.9 Å². The molecule has 0 unspecified atom stereocenters. The lowest BCUT2D eigenvalue weighted by molar-refractivity contribution is 0.0969. The fraction of sp³-hybridized carbons (Fsp3) is 0.484. The Morgan fingerprint density at radius 1 is 0.721 bits per heavy atom. The van der Waals surface area contributed by atoms with Gasteiger partial charge in [-0.25, -0.2) is 4.79 Å². The van der Waals surface area contributed by atoms with Gasteiger partial charge < -0.3 is 39.7 Å². The van der Waals surface area contributed by atoms with Crippen LogP contribution >= 0.6 is 0 Å². The Hall–Kier alpha value is -4.00. The van der Waals surface area contributed by atoms with Crippen molar-refractivity contribution in [3.05, 3.63) is 48.5 Å². The van der Waals surface area contributed by atoms with Crippen LogP contribution in [0.15, 0.2) is 48.5 Å². The van der Waals surface area contributed by atoms with E-state index in [1.165, 1.54) is 5.69 Å². The Labute approximate surface area is 253 Å². The number of amides is 2. The SMILES string of the molecule is C[C@@H]1COCCN1c1nc(-c2ccc(NC(=O)Nc3ccc(N4CCN(C)CC4)cc3)cc2)nc(N2CCOC[C@H]2C)n1. The van der Waals surface area contributed by atoms with Gasteiger partial charge in [0.25, 0.3) is 0 Å². The Morgan fingerprint density at radius 3 is 1.74 bits per heavy atom. The number of carbonyl (C=O) groups is 1. The number of piperazine rings is 1. The van der Waals surface area contributed by atoms with Crippen LogP contribution in [-0.2, 0) is 9.47 Å². The van der Waals surface area contributed by atoms with E-state index in [1.807, 2.05) is 36.4 Å². The number of hydrogen-bond acceptors (Lipinski definition) is 10. The predicted molar refractivity (Wildman–Crippen MR) is 169 cm³/mol. The number of ether oxygens (including phenoxy) is 2. The van der Waals surface area contributed by atoms with Gasteiger partial charge in [-0.05, 0) is 69.4 Å². The molecule has 2 N–H and O–H groups in total. The fourth-order valence-electron chi connectivity index (χ4n) is 5.60. The molecule has 2 amide bonds. The third-order valence-corrected chi connectivity index (χ3v) is 8.26. The summed E-state index contributed by atoms with van der Waals surface area (Å²) >= 11 is 0. The summed E-state index contributed by atoms with van der Waals surface area (Å²) in [5.41, 5.74) is 3.43. The van der Waals surface area contributed by atoms with E-state index >= 15 is 0 Å². The lowest BCUT2D eigenvalue weighted by Gasteiger charge is -2.36. The second-order valence-electron chi connectivity index (χ2n) is 11.5. The first kappa shape index (κ1) is 29.1. The summed E-state index contributed by atoms with van der Waals surface area (Å²) in [4.78, 5) is 36.5. The minimum atomic E-state index is -0.299. The summed E-state index contributed by atoms with van der Waals surface area (Å²) in [6.45, 7) is 12.3. The summed E-state index contributed by atoms with van der Waals surface area (Å²) in [5.74, 6) is 1.89. The van der Waals surface area contributed by atoms with Crippen molar-refractivity contribution in [1.29, 1.82) is 0 Å². The third-order valence-electron chi connectivity index (χ3n) is 8.26. The Morgan fingerprint density at radius 2 is 1.23 bits per heavy atom. The van der Waals surface area contributed by atoms with Crippen LogP contribution < -0.4 is 25.3 Å². The number of rotatable bonds is 6. The van der Waals surface area contributed by atoms with Crippen molar-refractivity contribution in [3.63, 3.8) is 0 Å². The van der Waals surface area contributed by atoms with E-state index in [4.69, 9.17) is 24.4 Å². The Balaban J connectivity index is 1.14. The van der Waals surface area contributed by atoms with Gasteiger partial charge in [-0.15, -0.1) is 0 Å². The highest BCUT2D eigenvalue weighted by atomic mass is 16.5. The molecule has 3 saturated heterocycles. The molecule has 43 heavy (non-hydrogen) atoms. The van der Waals surface area contributed by atoms with Crippen LogP contribution in [0.3, 0.4) is 0 Å². The second-order valence-corrected chi connectivity index (χ2v) is 11.5. The summed E-state index contributed by atoms with van der Waals surface area (Å²) < 4.78 is 11.3. The number of aromatic nitrogens is 3. The minimum absolute atomic E-state index is 0.159. The number of carbonyl (C=O) groups excluding carboxylic acids is 1. The van der Waals surface area contributed by atoms with E-state index in [1.54, 1.807) is 0 Å². The fourth-order valence-corrected chi connectivity index (χ4v) is 5.60. The van der Waals surface area contributed by atoms with Gasteiger partial charge in [-0.2, -0.15) is 15.0 Å². The van der Waals surface area contributed by atoms with Gasteiger partial charge in [-0.3, -0.25) is 0 Å². The van der Waals surface area contributed by atoms with Crippen LogP contribution in [0.25, 0.3) is 11.4 Å². The first-order valence-electron chi connectivity index (χ1n) is 15.1. The highest BCUT2D eigenvalue weighted by molar-refractivity contribution is 5.99. The van der Waals surface area contributed by atoms with Crippen LogP contribution in [0.2, 0.25) is 0 Å². The molecule has 0 radical (unpaired) electrons. The number of morpholine rings is 2. The molecular formula is C31H41N9O3. The average Bonchev–Trinajstić information content (AvgIpc) is 3.02. The zero-order chi connectivity index (χ0) is 29.8. The van der Waals surface area contributed by atoms with Crippen LogP contribution in [0.5, 0.6) is 0 Å². The normalized spacial score (nSPS) is 21.5. The number of urea groups is 1. The highest BCUT2D eigenvalue weighted by Crippen LogP contribution is 2.26. The second kappa shape index (κ2) is 13.1. The predicted octanol–water partition coefficient (Wildman–Crippen LogP) is 3.38. The molecule has 3 aliphatic heterocycles.